The van der Waals surface area contributed by atoms with Crippen molar-refractivity contribution in [3.8, 4) is 0 Å². The molecule has 0 spiro atoms. The second kappa shape index (κ2) is 3.91. The molecule has 1 aliphatic rings. The van der Waals surface area contributed by atoms with Crippen molar-refractivity contribution < 1.29 is 23.1 Å². The van der Waals surface area contributed by atoms with Gasteiger partial charge in [0.15, 0.2) is 11.5 Å². The number of carboxylic acids is 1. The maximum Gasteiger partial charge on any atom is 0.485 e. The molecule has 1 aromatic heterocycles. The summed E-state index contributed by atoms with van der Waals surface area (Å²) in [4.78, 5) is 14.6. The van der Waals surface area contributed by atoms with Crippen molar-refractivity contribution in [1.82, 2.24) is 14.5 Å². The number of rotatable bonds is 1. The highest BCUT2D eigenvalue weighted by Gasteiger charge is 2.39. The van der Waals surface area contributed by atoms with Crippen molar-refractivity contribution in [2.24, 2.45) is 0 Å². The van der Waals surface area contributed by atoms with Crippen LogP contribution in [-0.4, -0.2) is 31.8 Å². The van der Waals surface area contributed by atoms with Gasteiger partial charge in [0, 0.05) is 6.20 Å². The van der Waals surface area contributed by atoms with Crippen LogP contribution in [0.3, 0.4) is 0 Å². The van der Waals surface area contributed by atoms with Crippen molar-refractivity contribution in [2.45, 2.75) is 19.9 Å². The normalized spacial score (nSPS) is 15.4. The molecule has 98 valence electrons. The topological polar surface area (TPSA) is 58.4 Å². The monoisotopic (exact) mass is 281 g/mol. The van der Waals surface area contributed by atoms with Gasteiger partial charge in [0.2, 0.25) is 0 Å². The van der Waals surface area contributed by atoms with Gasteiger partial charge >= 0.3 is 12.3 Å². The number of imidazole rings is 1. The minimum atomic E-state index is -4.59. The van der Waals surface area contributed by atoms with Crippen molar-refractivity contribution >= 4 is 22.6 Å². The van der Waals surface area contributed by atoms with Crippen LogP contribution < -0.4 is 0 Å². The third-order valence-electron chi connectivity index (χ3n) is 2.53. The number of carbonyl (C=O) groups is 1. The number of carboxylic acid groups (broad SMARTS) is 1. The summed E-state index contributed by atoms with van der Waals surface area (Å²) in [6, 6.07) is 0. The fourth-order valence-corrected chi connectivity index (χ4v) is 1.89. The fourth-order valence-electron chi connectivity index (χ4n) is 1.63. The van der Waals surface area contributed by atoms with E-state index in [-0.39, 0.29) is 27.1 Å². The highest BCUT2D eigenvalue weighted by Crippen LogP contribution is 2.32. The van der Waals surface area contributed by atoms with Crippen LogP contribution in [0, 0.1) is 6.92 Å². The Balaban J connectivity index is 2.51. The van der Waals surface area contributed by atoms with Gasteiger partial charge in [0.25, 0.3) is 0 Å². The highest BCUT2D eigenvalue weighted by molar-refractivity contribution is 6.48. The maximum absolute atomic E-state index is 12.6. The third kappa shape index (κ3) is 1.92. The SMILES string of the molecule is Cc1c(C(=O)O)nc2n1CN(C(F)(F)F)C=C2Cl. The highest BCUT2D eigenvalue weighted by atomic mass is 35.5. The number of alkyl halides is 3. The summed E-state index contributed by atoms with van der Waals surface area (Å²) in [5.74, 6) is -1.29. The van der Waals surface area contributed by atoms with E-state index in [9.17, 15) is 18.0 Å². The number of nitrogens with zero attached hydrogens (tertiary/aromatic N) is 3. The molecule has 2 rings (SSSR count). The van der Waals surface area contributed by atoms with E-state index >= 15 is 0 Å². The lowest BCUT2D eigenvalue weighted by Gasteiger charge is -2.28. The molecule has 1 aliphatic heterocycles. The number of hydrogen-bond donors (Lipinski definition) is 1. The largest absolute Gasteiger partial charge is 0.485 e. The minimum Gasteiger partial charge on any atom is -0.476 e. The van der Waals surface area contributed by atoms with Gasteiger partial charge in [-0.25, -0.2) is 9.78 Å². The van der Waals surface area contributed by atoms with Crippen molar-refractivity contribution in [3.63, 3.8) is 0 Å². The molecule has 9 heteroatoms. The minimum absolute atomic E-state index is 0.0204. The molecule has 0 amide bonds. The first kappa shape index (κ1) is 12.7. The van der Waals surface area contributed by atoms with Gasteiger partial charge in [-0.1, -0.05) is 11.6 Å². The summed E-state index contributed by atoms with van der Waals surface area (Å²) in [6.45, 7) is 0.811. The predicted molar refractivity (Wildman–Crippen MR) is 55.6 cm³/mol. The van der Waals surface area contributed by atoms with Gasteiger partial charge in [-0.15, -0.1) is 0 Å². The van der Waals surface area contributed by atoms with E-state index < -0.39 is 18.9 Å². The number of hydrogen-bond acceptors (Lipinski definition) is 3. The van der Waals surface area contributed by atoms with Gasteiger partial charge in [-0.2, -0.15) is 13.2 Å². The van der Waals surface area contributed by atoms with Gasteiger partial charge < -0.3 is 9.67 Å². The molecule has 0 fully saturated rings. The van der Waals surface area contributed by atoms with Crippen LogP contribution in [0.25, 0.3) is 5.03 Å². The zero-order chi connectivity index (χ0) is 13.7. The molecule has 1 aromatic rings. The van der Waals surface area contributed by atoms with E-state index in [1.165, 1.54) is 6.92 Å². The van der Waals surface area contributed by atoms with Crippen molar-refractivity contribution in [2.75, 3.05) is 0 Å². The van der Waals surface area contributed by atoms with E-state index in [0.29, 0.717) is 6.20 Å². The Labute approximate surface area is 104 Å². The van der Waals surface area contributed by atoms with Crippen LogP contribution in [0.4, 0.5) is 13.2 Å². The van der Waals surface area contributed by atoms with Gasteiger partial charge in [-0.05, 0) is 6.92 Å². The maximum atomic E-state index is 12.6. The van der Waals surface area contributed by atoms with E-state index in [0.717, 1.165) is 4.57 Å². The Bertz CT molecular complexity index is 550. The van der Waals surface area contributed by atoms with Crippen LogP contribution in [0.2, 0.25) is 0 Å². The van der Waals surface area contributed by atoms with E-state index in [2.05, 4.69) is 4.98 Å². The molecule has 0 aliphatic carbocycles. The Morgan fingerprint density at radius 2 is 2.17 bits per heavy atom. The van der Waals surface area contributed by atoms with E-state index in [4.69, 9.17) is 16.7 Å². The quantitative estimate of drug-likeness (QED) is 0.802. The second-order valence-corrected chi connectivity index (χ2v) is 4.07. The van der Waals surface area contributed by atoms with Crippen LogP contribution in [-0.2, 0) is 6.67 Å². The number of aromatic nitrogens is 2. The van der Waals surface area contributed by atoms with Crippen LogP contribution in [0.15, 0.2) is 6.20 Å². The lowest BCUT2D eigenvalue weighted by atomic mass is 10.3. The molecule has 0 bridgehead atoms. The molecule has 18 heavy (non-hydrogen) atoms. The number of halogens is 4. The lowest BCUT2D eigenvalue weighted by Crippen LogP contribution is -2.37. The Hall–Kier alpha value is -1.70. The predicted octanol–water partition coefficient (Wildman–Crippen LogP) is 2.22. The van der Waals surface area contributed by atoms with Crippen LogP contribution >= 0.6 is 11.6 Å². The van der Waals surface area contributed by atoms with Gasteiger partial charge in [0.1, 0.15) is 6.67 Å². The first-order chi connectivity index (χ1) is 8.21. The molecule has 2 heterocycles. The Kier molecular flexibility index (Phi) is 2.77. The lowest BCUT2D eigenvalue weighted by molar-refractivity contribution is -0.237. The van der Waals surface area contributed by atoms with Crippen molar-refractivity contribution in [1.29, 1.82) is 0 Å². The first-order valence-corrected chi connectivity index (χ1v) is 5.11. The molecule has 0 unspecified atom stereocenters. The number of fused-ring (bicyclic) bond motifs is 1. The summed E-state index contributed by atoms with van der Waals surface area (Å²) in [6.07, 6.45) is -3.90. The molecule has 0 radical (unpaired) electrons. The molecule has 1 N–H and O–H groups in total. The van der Waals surface area contributed by atoms with Crippen LogP contribution in [0.1, 0.15) is 22.0 Å². The molecular weight excluding hydrogens is 275 g/mol. The smallest absolute Gasteiger partial charge is 0.476 e. The molecular formula is C9H7ClF3N3O2. The summed E-state index contributed by atoms with van der Waals surface area (Å²) in [5, 5.41) is 8.60. The van der Waals surface area contributed by atoms with Gasteiger partial charge in [-0.3, -0.25) is 4.90 Å². The van der Waals surface area contributed by atoms with Gasteiger partial charge in [0.05, 0.1) is 10.7 Å². The summed E-state index contributed by atoms with van der Waals surface area (Å²) in [5.41, 5.74) is -0.182. The summed E-state index contributed by atoms with van der Waals surface area (Å²) in [7, 11) is 0. The summed E-state index contributed by atoms with van der Waals surface area (Å²) < 4.78 is 38.8. The van der Waals surface area contributed by atoms with E-state index in [1.54, 1.807) is 0 Å². The molecule has 0 atom stereocenters. The molecule has 5 nitrogen and oxygen atoms in total. The van der Waals surface area contributed by atoms with E-state index in [1.807, 2.05) is 0 Å². The number of aromatic carboxylic acids is 1. The van der Waals surface area contributed by atoms with Crippen LogP contribution in [0.5, 0.6) is 0 Å². The standard InChI is InChI=1S/C9H7ClF3N3O2/c1-4-6(8(17)18)14-7-5(10)2-15(3-16(4)7)9(11,12)13/h2H,3H2,1H3,(H,17,18). The molecule has 0 saturated heterocycles. The average Bonchev–Trinajstić information content (AvgIpc) is 2.56. The summed E-state index contributed by atoms with van der Waals surface area (Å²) >= 11 is 5.68. The zero-order valence-corrected chi connectivity index (χ0v) is 9.75. The van der Waals surface area contributed by atoms with Crippen molar-refractivity contribution in [3.05, 3.63) is 23.4 Å². The first-order valence-electron chi connectivity index (χ1n) is 4.73. The Morgan fingerprint density at radius 3 is 2.67 bits per heavy atom. The second-order valence-electron chi connectivity index (χ2n) is 3.66. The zero-order valence-electron chi connectivity index (χ0n) is 8.99. The molecule has 0 saturated carbocycles. The Morgan fingerprint density at radius 1 is 1.56 bits per heavy atom. The molecule has 0 aromatic carbocycles. The third-order valence-corrected chi connectivity index (χ3v) is 2.79. The fraction of sp³-hybridized carbons (Fsp3) is 0.333. The average molecular weight is 282 g/mol.